The highest BCUT2D eigenvalue weighted by molar-refractivity contribution is 5.59. The molecule has 0 atom stereocenters. The van der Waals surface area contributed by atoms with E-state index in [4.69, 9.17) is 4.74 Å². The van der Waals surface area contributed by atoms with Crippen molar-refractivity contribution in [1.29, 1.82) is 0 Å². The van der Waals surface area contributed by atoms with Crippen molar-refractivity contribution in [3.05, 3.63) is 88.2 Å². The van der Waals surface area contributed by atoms with Crippen molar-refractivity contribution in [2.24, 2.45) is 7.05 Å². The zero-order chi connectivity index (χ0) is 21.4. The van der Waals surface area contributed by atoms with E-state index < -0.39 is 5.95 Å². The van der Waals surface area contributed by atoms with Crippen LogP contribution >= 0.6 is 0 Å². The zero-order valence-corrected chi connectivity index (χ0v) is 17.3. The molecule has 1 fully saturated rings. The lowest BCUT2D eigenvalue weighted by Crippen LogP contribution is -2.24. The van der Waals surface area contributed by atoms with Gasteiger partial charge in [0.1, 0.15) is 11.3 Å². The van der Waals surface area contributed by atoms with E-state index in [-0.39, 0.29) is 5.56 Å². The van der Waals surface area contributed by atoms with E-state index in [2.05, 4.69) is 9.97 Å². The number of fused-ring (bicyclic) bond motifs is 1. The van der Waals surface area contributed by atoms with E-state index >= 15 is 0 Å². The third-order valence-electron chi connectivity index (χ3n) is 5.99. The smallest absolute Gasteiger partial charge is 0.276 e. The summed E-state index contributed by atoms with van der Waals surface area (Å²) in [7, 11) is 1.80. The molecule has 0 unspecified atom stereocenters. The van der Waals surface area contributed by atoms with Crippen molar-refractivity contribution in [2.45, 2.75) is 25.2 Å². The van der Waals surface area contributed by atoms with Gasteiger partial charge in [-0.05, 0) is 30.5 Å². The van der Waals surface area contributed by atoms with Crippen LogP contribution in [-0.2, 0) is 18.2 Å². The van der Waals surface area contributed by atoms with Crippen LogP contribution in [0.4, 0.5) is 4.39 Å². The van der Waals surface area contributed by atoms with E-state index in [1.807, 2.05) is 34.9 Å². The molecule has 5 rings (SSSR count). The summed E-state index contributed by atoms with van der Waals surface area (Å²) in [5.74, 6) is 0.740. The van der Waals surface area contributed by atoms with Gasteiger partial charge < -0.3 is 9.30 Å². The predicted molar refractivity (Wildman–Crippen MR) is 116 cm³/mol. The highest BCUT2D eigenvalue weighted by Crippen LogP contribution is 2.26. The Morgan fingerprint density at radius 2 is 1.90 bits per heavy atom. The number of rotatable bonds is 4. The number of nitrogens with zero attached hydrogens (tertiary/aromatic N) is 4. The van der Waals surface area contributed by atoms with Crippen molar-refractivity contribution in [1.82, 2.24) is 18.9 Å². The number of ether oxygens (including phenoxy) is 1. The molecule has 0 radical (unpaired) electrons. The number of hydrogen-bond donors (Lipinski definition) is 0. The first-order valence-electron chi connectivity index (χ1n) is 10.5. The van der Waals surface area contributed by atoms with Crippen molar-refractivity contribution >= 4 is 5.52 Å². The SMILES string of the molecule is Cn1c(Cc2ccc(-c3cccc(F)n3)cc2)cn2c(C3CCOCC3)ncc2c1=O. The van der Waals surface area contributed by atoms with Gasteiger partial charge in [0.25, 0.3) is 5.56 Å². The molecular weight excluding hydrogens is 395 g/mol. The highest BCUT2D eigenvalue weighted by atomic mass is 19.1. The molecule has 0 aliphatic carbocycles. The number of pyridine rings is 1. The molecule has 158 valence electrons. The standard InChI is InChI=1S/C24H23FN4O2/c1-28-19(13-16-5-7-17(8-6-16)20-3-2-4-22(25)27-20)15-29-21(24(28)30)14-26-23(29)18-9-11-31-12-10-18/h2-8,14-15,18H,9-13H2,1H3. The van der Waals surface area contributed by atoms with Crippen LogP contribution in [0.5, 0.6) is 0 Å². The second-order valence-corrected chi connectivity index (χ2v) is 7.96. The van der Waals surface area contributed by atoms with Crippen LogP contribution < -0.4 is 5.56 Å². The average molecular weight is 418 g/mol. The van der Waals surface area contributed by atoms with Gasteiger partial charge in [-0.2, -0.15) is 4.39 Å². The number of benzene rings is 1. The number of hydrogen-bond acceptors (Lipinski definition) is 4. The topological polar surface area (TPSA) is 61.4 Å². The first-order valence-corrected chi connectivity index (χ1v) is 10.5. The molecule has 0 spiro atoms. The lowest BCUT2D eigenvalue weighted by molar-refractivity contribution is 0.0835. The van der Waals surface area contributed by atoms with Crippen molar-refractivity contribution in [2.75, 3.05) is 13.2 Å². The summed E-state index contributed by atoms with van der Waals surface area (Å²) in [6, 6.07) is 12.6. The molecular formula is C24H23FN4O2. The van der Waals surface area contributed by atoms with E-state index in [1.54, 1.807) is 29.9 Å². The van der Waals surface area contributed by atoms with E-state index in [0.29, 0.717) is 23.5 Å². The van der Waals surface area contributed by atoms with Crippen molar-refractivity contribution in [3.8, 4) is 11.3 Å². The van der Waals surface area contributed by atoms with Crippen molar-refractivity contribution < 1.29 is 9.13 Å². The van der Waals surface area contributed by atoms with E-state index in [9.17, 15) is 9.18 Å². The maximum Gasteiger partial charge on any atom is 0.276 e. The molecule has 6 nitrogen and oxygen atoms in total. The Labute approximate surface area is 179 Å². The summed E-state index contributed by atoms with van der Waals surface area (Å²) in [6.45, 7) is 1.45. The Hall–Kier alpha value is -3.32. The van der Waals surface area contributed by atoms with Crippen molar-refractivity contribution in [3.63, 3.8) is 0 Å². The molecule has 0 N–H and O–H groups in total. The fraction of sp³-hybridized carbons (Fsp3) is 0.292. The fourth-order valence-corrected chi connectivity index (χ4v) is 4.20. The minimum atomic E-state index is -0.495. The minimum absolute atomic E-state index is 0.0520. The molecule has 1 aliphatic rings. The Morgan fingerprint density at radius 3 is 2.65 bits per heavy atom. The normalized spacial score (nSPS) is 14.9. The summed E-state index contributed by atoms with van der Waals surface area (Å²) < 4.78 is 22.5. The van der Waals surface area contributed by atoms with Gasteiger partial charge in [0.2, 0.25) is 5.95 Å². The van der Waals surface area contributed by atoms with Gasteiger partial charge in [0.05, 0.1) is 11.9 Å². The van der Waals surface area contributed by atoms with E-state index in [1.165, 1.54) is 6.07 Å². The van der Waals surface area contributed by atoms with Gasteiger partial charge in [-0.3, -0.25) is 9.20 Å². The minimum Gasteiger partial charge on any atom is -0.381 e. The monoisotopic (exact) mass is 418 g/mol. The maximum absolute atomic E-state index is 13.4. The third kappa shape index (κ3) is 3.77. The molecule has 0 amide bonds. The van der Waals surface area contributed by atoms with Gasteiger partial charge in [-0.25, -0.2) is 9.97 Å². The Bertz CT molecular complexity index is 1290. The van der Waals surface area contributed by atoms with Crippen LogP contribution in [0.15, 0.2) is 59.7 Å². The van der Waals surface area contributed by atoms with Crippen LogP contribution in [0, 0.1) is 5.95 Å². The van der Waals surface area contributed by atoms with E-state index in [0.717, 1.165) is 48.7 Å². The Morgan fingerprint density at radius 1 is 1.13 bits per heavy atom. The summed E-state index contributed by atoms with van der Waals surface area (Å²) in [5, 5.41) is 0. The molecule has 4 aromatic rings. The first-order chi connectivity index (χ1) is 15.1. The summed E-state index contributed by atoms with van der Waals surface area (Å²) in [6.07, 6.45) is 6.14. The Kier molecular flexibility index (Phi) is 5.11. The quantitative estimate of drug-likeness (QED) is 0.474. The van der Waals surface area contributed by atoms with Crippen LogP contribution in [0.25, 0.3) is 16.8 Å². The first kappa shape index (κ1) is 19.6. The second-order valence-electron chi connectivity index (χ2n) is 7.96. The second kappa shape index (κ2) is 8.07. The maximum atomic E-state index is 13.4. The molecule has 1 aromatic carbocycles. The molecule has 0 saturated carbocycles. The average Bonchev–Trinajstić information content (AvgIpc) is 3.22. The molecule has 0 bridgehead atoms. The van der Waals surface area contributed by atoms with Gasteiger partial charge in [0.15, 0.2) is 0 Å². The van der Waals surface area contributed by atoms with Crippen LogP contribution in [0.3, 0.4) is 0 Å². The largest absolute Gasteiger partial charge is 0.381 e. The Balaban J connectivity index is 1.47. The molecule has 1 aliphatic heterocycles. The number of halogens is 1. The summed E-state index contributed by atoms with van der Waals surface area (Å²) in [5.41, 5.74) is 3.95. The van der Waals surface area contributed by atoms with Gasteiger partial charge in [0, 0.05) is 50.1 Å². The summed E-state index contributed by atoms with van der Waals surface area (Å²) in [4.78, 5) is 21.5. The molecule has 3 aromatic heterocycles. The lowest BCUT2D eigenvalue weighted by Gasteiger charge is -2.21. The van der Waals surface area contributed by atoms with Crippen LogP contribution in [0.2, 0.25) is 0 Å². The van der Waals surface area contributed by atoms with Gasteiger partial charge >= 0.3 is 0 Å². The molecule has 4 heterocycles. The van der Waals surface area contributed by atoms with Gasteiger partial charge in [-0.15, -0.1) is 0 Å². The molecule has 31 heavy (non-hydrogen) atoms. The fourth-order valence-electron chi connectivity index (χ4n) is 4.20. The summed E-state index contributed by atoms with van der Waals surface area (Å²) >= 11 is 0. The van der Waals surface area contributed by atoms with Crippen LogP contribution in [-0.4, -0.2) is 32.1 Å². The lowest BCUT2D eigenvalue weighted by atomic mass is 9.99. The number of aromatic nitrogens is 4. The zero-order valence-electron chi connectivity index (χ0n) is 17.3. The third-order valence-corrected chi connectivity index (χ3v) is 5.99. The molecule has 1 saturated heterocycles. The van der Waals surface area contributed by atoms with Crippen LogP contribution in [0.1, 0.15) is 35.8 Å². The predicted octanol–water partition coefficient (Wildman–Crippen LogP) is 3.72. The molecule has 7 heteroatoms. The van der Waals surface area contributed by atoms with Gasteiger partial charge in [-0.1, -0.05) is 30.3 Å². The number of imidazole rings is 1. The highest BCUT2D eigenvalue weighted by Gasteiger charge is 2.22.